The van der Waals surface area contributed by atoms with E-state index in [0.717, 1.165) is 17.1 Å². The number of nitrogens with one attached hydrogen (secondary N) is 1. The molecule has 0 fully saturated rings. The molecule has 0 bridgehead atoms. The van der Waals surface area contributed by atoms with Crippen LogP contribution in [0.15, 0.2) is 42.6 Å². The molecule has 1 aliphatic rings. The average molecular weight is 283 g/mol. The number of carbonyl (C=O) groups is 1. The Balaban J connectivity index is 1.95. The van der Waals surface area contributed by atoms with Gasteiger partial charge in [0.25, 0.3) is 0 Å². The number of benzene rings is 1. The van der Waals surface area contributed by atoms with Crippen LogP contribution in [0.25, 0.3) is 0 Å². The van der Waals surface area contributed by atoms with Gasteiger partial charge in [-0.1, -0.05) is 19.1 Å². The summed E-state index contributed by atoms with van der Waals surface area (Å²) in [5, 5.41) is 12.6. The third-order valence-electron chi connectivity index (χ3n) is 3.58. The molecule has 0 spiro atoms. The number of fused-ring (bicyclic) bond motifs is 1. The Morgan fingerprint density at radius 3 is 2.86 bits per heavy atom. The maximum absolute atomic E-state index is 11.8. The van der Waals surface area contributed by atoms with Crippen molar-refractivity contribution >= 4 is 23.0 Å². The first kappa shape index (κ1) is 13.6. The maximum Gasteiger partial charge on any atom is 0.244 e. The molecule has 0 saturated heterocycles. The number of para-hydroxylation sites is 2. The summed E-state index contributed by atoms with van der Waals surface area (Å²) in [5.74, 6) is -0.0497. The highest BCUT2D eigenvalue weighted by Crippen LogP contribution is 2.34. The van der Waals surface area contributed by atoms with Gasteiger partial charge in [0.2, 0.25) is 5.91 Å². The van der Waals surface area contributed by atoms with E-state index >= 15 is 0 Å². The number of anilines is 3. The molecule has 5 heteroatoms. The summed E-state index contributed by atoms with van der Waals surface area (Å²) in [6.07, 6.45) is 1.78. The summed E-state index contributed by atoms with van der Waals surface area (Å²) in [6, 6.07) is 11.4. The molecule has 0 radical (unpaired) electrons. The van der Waals surface area contributed by atoms with Crippen LogP contribution in [0.3, 0.4) is 0 Å². The second kappa shape index (κ2) is 5.54. The SMILES string of the molecule is CC[C@@H](O)c1ccc(N2CC(=O)Nc3ccccc32)cn1. The molecule has 1 aromatic heterocycles. The molecule has 108 valence electrons. The number of amides is 1. The fourth-order valence-corrected chi connectivity index (χ4v) is 2.43. The van der Waals surface area contributed by atoms with Gasteiger partial charge in [-0.25, -0.2) is 0 Å². The molecule has 21 heavy (non-hydrogen) atoms. The van der Waals surface area contributed by atoms with Crippen molar-refractivity contribution in [2.24, 2.45) is 0 Å². The van der Waals surface area contributed by atoms with E-state index in [4.69, 9.17) is 0 Å². The summed E-state index contributed by atoms with van der Waals surface area (Å²) in [7, 11) is 0. The molecule has 0 saturated carbocycles. The number of hydrogen-bond donors (Lipinski definition) is 2. The zero-order valence-corrected chi connectivity index (χ0v) is 11.8. The summed E-state index contributed by atoms with van der Waals surface area (Å²) in [6.45, 7) is 2.17. The van der Waals surface area contributed by atoms with Gasteiger partial charge in [-0.2, -0.15) is 0 Å². The van der Waals surface area contributed by atoms with Crippen molar-refractivity contribution < 1.29 is 9.90 Å². The Morgan fingerprint density at radius 2 is 2.14 bits per heavy atom. The molecule has 1 atom stereocenters. The largest absolute Gasteiger partial charge is 0.387 e. The van der Waals surface area contributed by atoms with Crippen LogP contribution in [-0.2, 0) is 4.79 Å². The Morgan fingerprint density at radius 1 is 1.33 bits per heavy atom. The second-order valence-corrected chi connectivity index (χ2v) is 5.02. The average Bonchev–Trinajstić information content (AvgIpc) is 2.53. The number of aliphatic hydroxyl groups excluding tert-OH is 1. The fraction of sp³-hybridized carbons (Fsp3) is 0.250. The fourth-order valence-electron chi connectivity index (χ4n) is 2.43. The summed E-state index contributed by atoms with van der Waals surface area (Å²) in [4.78, 5) is 18.0. The van der Waals surface area contributed by atoms with Crippen molar-refractivity contribution in [3.63, 3.8) is 0 Å². The molecular weight excluding hydrogens is 266 g/mol. The van der Waals surface area contributed by atoms with Crippen molar-refractivity contribution in [2.75, 3.05) is 16.8 Å². The highest BCUT2D eigenvalue weighted by Gasteiger charge is 2.23. The van der Waals surface area contributed by atoms with Crippen LogP contribution in [0.2, 0.25) is 0 Å². The third kappa shape index (κ3) is 2.60. The predicted molar refractivity (Wildman–Crippen MR) is 81.6 cm³/mol. The molecule has 1 aromatic carbocycles. The molecule has 2 N–H and O–H groups in total. The molecule has 2 aromatic rings. The highest BCUT2D eigenvalue weighted by atomic mass is 16.3. The topological polar surface area (TPSA) is 65.5 Å². The van der Waals surface area contributed by atoms with Gasteiger partial charge in [0.15, 0.2) is 0 Å². The van der Waals surface area contributed by atoms with Gasteiger partial charge in [-0.3, -0.25) is 9.78 Å². The van der Waals surface area contributed by atoms with Crippen LogP contribution in [-0.4, -0.2) is 22.5 Å². The molecule has 0 unspecified atom stereocenters. The first-order chi connectivity index (χ1) is 10.2. The first-order valence-corrected chi connectivity index (χ1v) is 6.99. The number of pyridine rings is 1. The lowest BCUT2D eigenvalue weighted by atomic mass is 10.1. The zero-order valence-electron chi connectivity index (χ0n) is 11.8. The van der Waals surface area contributed by atoms with Gasteiger partial charge < -0.3 is 15.3 Å². The van der Waals surface area contributed by atoms with Crippen LogP contribution >= 0.6 is 0 Å². The molecule has 0 aliphatic carbocycles. The number of carbonyl (C=O) groups excluding carboxylic acids is 1. The first-order valence-electron chi connectivity index (χ1n) is 6.99. The molecule has 3 rings (SSSR count). The minimum Gasteiger partial charge on any atom is -0.387 e. The van der Waals surface area contributed by atoms with E-state index < -0.39 is 6.10 Å². The van der Waals surface area contributed by atoms with Gasteiger partial charge in [0.05, 0.1) is 35.1 Å². The smallest absolute Gasteiger partial charge is 0.244 e. The summed E-state index contributed by atoms with van der Waals surface area (Å²) in [5.41, 5.74) is 3.23. The Hall–Kier alpha value is -2.40. The Labute approximate surface area is 123 Å². The van der Waals surface area contributed by atoms with E-state index in [1.807, 2.05) is 42.2 Å². The number of rotatable bonds is 3. The van der Waals surface area contributed by atoms with Crippen molar-refractivity contribution in [1.29, 1.82) is 0 Å². The highest BCUT2D eigenvalue weighted by molar-refractivity contribution is 6.03. The maximum atomic E-state index is 11.8. The van der Waals surface area contributed by atoms with E-state index in [9.17, 15) is 9.90 Å². The Kier molecular flexibility index (Phi) is 3.58. The van der Waals surface area contributed by atoms with Crippen molar-refractivity contribution in [3.05, 3.63) is 48.3 Å². The van der Waals surface area contributed by atoms with Gasteiger partial charge >= 0.3 is 0 Å². The predicted octanol–water partition coefficient (Wildman–Crippen LogP) is 2.62. The van der Waals surface area contributed by atoms with Crippen molar-refractivity contribution in [3.8, 4) is 0 Å². The monoisotopic (exact) mass is 283 g/mol. The summed E-state index contributed by atoms with van der Waals surface area (Å²) < 4.78 is 0. The lowest BCUT2D eigenvalue weighted by Crippen LogP contribution is -2.35. The van der Waals surface area contributed by atoms with Crippen LogP contribution in [0, 0.1) is 0 Å². The number of aromatic nitrogens is 1. The zero-order chi connectivity index (χ0) is 14.8. The minimum absolute atomic E-state index is 0.0497. The molecule has 1 amide bonds. The minimum atomic E-state index is -0.545. The number of hydrogen-bond acceptors (Lipinski definition) is 4. The van der Waals surface area contributed by atoms with Crippen LogP contribution in [0.1, 0.15) is 25.1 Å². The van der Waals surface area contributed by atoms with E-state index in [1.165, 1.54) is 0 Å². The molecule has 5 nitrogen and oxygen atoms in total. The van der Waals surface area contributed by atoms with Crippen LogP contribution in [0.5, 0.6) is 0 Å². The lowest BCUT2D eigenvalue weighted by Gasteiger charge is -2.30. The van der Waals surface area contributed by atoms with Crippen LogP contribution in [0.4, 0.5) is 17.1 Å². The third-order valence-corrected chi connectivity index (χ3v) is 3.58. The molecule has 2 heterocycles. The lowest BCUT2D eigenvalue weighted by molar-refractivity contribution is -0.115. The van der Waals surface area contributed by atoms with Crippen LogP contribution < -0.4 is 10.2 Å². The Bertz CT molecular complexity index is 655. The quantitative estimate of drug-likeness (QED) is 0.908. The van der Waals surface area contributed by atoms with E-state index in [-0.39, 0.29) is 12.5 Å². The summed E-state index contributed by atoms with van der Waals surface area (Å²) >= 11 is 0. The molecular formula is C16H17N3O2. The van der Waals surface area contributed by atoms with Crippen molar-refractivity contribution in [1.82, 2.24) is 4.98 Å². The van der Waals surface area contributed by atoms with Gasteiger partial charge in [0, 0.05) is 0 Å². The van der Waals surface area contributed by atoms with Gasteiger partial charge in [0.1, 0.15) is 6.54 Å². The van der Waals surface area contributed by atoms with E-state index in [0.29, 0.717) is 12.1 Å². The van der Waals surface area contributed by atoms with Gasteiger partial charge in [-0.15, -0.1) is 0 Å². The van der Waals surface area contributed by atoms with E-state index in [2.05, 4.69) is 10.3 Å². The standard InChI is InChI=1S/C16H17N3O2/c1-2-15(20)13-8-7-11(9-17-13)19-10-16(21)18-12-5-3-4-6-14(12)19/h3-9,15,20H,2,10H2,1H3,(H,18,21)/t15-/m1/s1. The normalized spacial score (nSPS) is 15.3. The number of nitrogens with zero attached hydrogens (tertiary/aromatic N) is 2. The molecule has 1 aliphatic heterocycles. The van der Waals surface area contributed by atoms with Crippen molar-refractivity contribution in [2.45, 2.75) is 19.4 Å². The number of aliphatic hydroxyl groups is 1. The van der Waals surface area contributed by atoms with Gasteiger partial charge in [-0.05, 0) is 30.7 Å². The second-order valence-electron chi connectivity index (χ2n) is 5.02. The van der Waals surface area contributed by atoms with E-state index in [1.54, 1.807) is 12.3 Å².